The molecule has 1 aromatic rings. The maximum absolute atomic E-state index is 5.50. The highest BCUT2D eigenvalue weighted by Crippen LogP contribution is 2.24. The molecule has 0 spiro atoms. The van der Waals surface area contributed by atoms with E-state index in [4.69, 9.17) is 4.74 Å². The zero-order valence-electron chi connectivity index (χ0n) is 13.8. The number of benzene rings is 1. The van der Waals surface area contributed by atoms with Gasteiger partial charge in [-0.25, -0.2) is 0 Å². The summed E-state index contributed by atoms with van der Waals surface area (Å²) in [5.74, 6) is 1.70. The van der Waals surface area contributed by atoms with Gasteiger partial charge in [0.1, 0.15) is 5.75 Å². The second-order valence-corrected chi connectivity index (χ2v) is 6.80. The Hall–Kier alpha value is -0.540. The Kier molecular flexibility index (Phi) is 9.77. The summed E-state index contributed by atoms with van der Waals surface area (Å²) >= 11 is 3.64. The molecule has 0 aliphatic carbocycles. The summed E-state index contributed by atoms with van der Waals surface area (Å²) in [5.41, 5.74) is 1.39. The largest absolute Gasteiger partial charge is 0.494 e. The molecule has 0 unspecified atom stereocenters. The first-order valence-electron chi connectivity index (χ1n) is 8.25. The molecule has 0 amide bonds. The van der Waals surface area contributed by atoms with E-state index in [1.165, 1.54) is 35.7 Å². The summed E-state index contributed by atoms with van der Waals surface area (Å²) in [7, 11) is 0. The summed E-state index contributed by atoms with van der Waals surface area (Å²) in [6, 6.07) is 6.33. The minimum absolute atomic E-state index is 0.719. The van der Waals surface area contributed by atoms with Crippen molar-refractivity contribution >= 4 is 15.9 Å². The molecule has 1 rings (SSSR count). The molecule has 0 heterocycles. The van der Waals surface area contributed by atoms with Crippen molar-refractivity contribution in [2.24, 2.45) is 5.92 Å². The van der Waals surface area contributed by atoms with E-state index >= 15 is 0 Å². The molecule has 120 valence electrons. The molecule has 0 bridgehead atoms. The first kappa shape index (κ1) is 18.5. The monoisotopic (exact) mass is 355 g/mol. The van der Waals surface area contributed by atoms with Gasteiger partial charge in [0.05, 0.1) is 6.61 Å². The number of unbranched alkanes of at least 4 members (excludes halogenated alkanes) is 3. The van der Waals surface area contributed by atoms with Crippen LogP contribution in [0.5, 0.6) is 5.75 Å². The molecule has 1 N–H and O–H groups in total. The molecule has 0 aliphatic heterocycles. The van der Waals surface area contributed by atoms with Crippen LogP contribution in [-0.2, 0) is 6.42 Å². The van der Waals surface area contributed by atoms with Crippen LogP contribution >= 0.6 is 15.9 Å². The Morgan fingerprint density at radius 2 is 1.90 bits per heavy atom. The van der Waals surface area contributed by atoms with Crippen molar-refractivity contribution in [3.05, 3.63) is 28.2 Å². The summed E-state index contributed by atoms with van der Waals surface area (Å²) in [6.07, 6.45) is 6.32. The van der Waals surface area contributed by atoms with Crippen molar-refractivity contribution in [3.63, 3.8) is 0 Å². The third kappa shape index (κ3) is 8.47. The highest BCUT2D eigenvalue weighted by atomic mass is 79.9. The maximum atomic E-state index is 5.50. The van der Waals surface area contributed by atoms with Crippen LogP contribution in [0.2, 0.25) is 0 Å². The summed E-state index contributed by atoms with van der Waals surface area (Å²) < 4.78 is 6.68. The van der Waals surface area contributed by atoms with E-state index < -0.39 is 0 Å². The van der Waals surface area contributed by atoms with E-state index in [9.17, 15) is 0 Å². The third-order valence-electron chi connectivity index (χ3n) is 3.44. The number of ether oxygens (including phenoxy) is 1. The second-order valence-electron chi connectivity index (χ2n) is 5.95. The molecule has 0 radical (unpaired) electrons. The lowest BCUT2D eigenvalue weighted by atomic mass is 10.1. The summed E-state index contributed by atoms with van der Waals surface area (Å²) in [6.45, 7) is 9.53. The highest BCUT2D eigenvalue weighted by Gasteiger charge is 2.02. The number of halogens is 1. The fourth-order valence-corrected chi connectivity index (χ4v) is 2.85. The van der Waals surface area contributed by atoms with Crippen LogP contribution in [-0.4, -0.2) is 19.7 Å². The molecule has 0 saturated carbocycles. The Morgan fingerprint density at radius 3 is 2.57 bits per heavy atom. The van der Waals surface area contributed by atoms with Gasteiger partial charge in [0, 0.05) is 4.47 Å². The standard InChI is InChI=1S/C18H30BrNO/c1-4-21-17-11-10-16(18(19)13-17)9-7-5-6-8-12-20-14-15(2)3/h10-11,13,15,20H,4-9,12,14H2,1-3H3. The van der Waals surface area contributed by atoms with Crippen molar-refractivity contribution in [2.45, 2.75) is 52.9 Å². The number of nitrogens with one attached hydrogen (secondary N) is 1. The van der Waals surface area contributed by atoms with Crippen LogP contribution in [0.1, 0.15) is 52.0 Å². The maximum Gasteiger partial charge on any atom is 0.120 e. The van der Waals surface area contributed by atoms with Crippen molar-refractivity contribution in [1.29, 1.82) is 0 Å². The first-order chi connectivity index (χ1) is 10.1. The van der Waals surface area contributed by atoms with Crippen LogP contribution in [0.3, 0.4) is 0 Å². The fraction of sp³-hybridized carbons (Fsp3) is 0.667. The number of aryl methyl sites for hydroxylation is 1. The molecule has 21 heavy (non-hydrogen) atoms. The number of hydrogen-bond acceptors (Lipinski definition) is 2. The van der Waals surface area contributed by atoms with Crippen molar-refractivity contribution in [2.75, 3.05) is 19.7 Å². The summed E-state index contributed by atoms with van der Waals surface area (Å²) in [4.78, 5) is 0. The second kappa shape index (κ2) is 11.1. The van der Waals surface area contributed by atoms with Gasteiger partial charge in [-0.2, -0.15) is 0 Å². The van der Waals surface area contributed by atoms with E-state index in [-0.39, 0.29) is 0 Å². The van der Waals surface area contributed by atoms with E-state index in [2.05, 4.69) is 53.3 Å². The number of hydrogen-bond donors (Lipinski definition) is 1. The van der Waals surface area contributed by atoms with E-state index in [1.54, 1.807) is 0 Å². The molecule has 0 atom stereocenters. The highest BCUT2D eigenvalue weighted by molar-refractivity contribution is 9.10. The van der Waals surface area contributed by atoms with Gasteiger partial charge in [-0.3, -0.25) is 0 Å². The van der Waals surface area contributed by atoms with E-state index in [0.717, 1.165) is 37.8 Å². The molecular formula is C18H30BrNO. The molecule has 1 aromatic carbocycles. The lowest BCUT2D eigenvalue weighted by Crippen LogP contribution is -2.20. The molecular weight excluding hydrogens is 326 g/mol. The Morgan fingerprint density at radius 1 is 1.14 bits per heavy atom. The van der Waals surface area contributed by atoms with Gasteiger partial charge in [-0.1, -0.05) is 48.7 Å². The van der Waals surface area contributed by atoms with Crippen molar-refractivity contribution in [3.8, 4) is 5.75 Å². The zero-order valence-corrected chi connectivity index (χ0v) is 15.3. The van der Waals surface area contributed by atoms with Gasteiger partial charge in [-0.15, -0.1) is 0 Å². The van der Waals surface area contributed by atoms with E-state index in [0.29, 0.717) is 0 Å². The zero-order chi connectivity index (χ0) is 15.5. The predicted molar refractivity (Wildman–Crippen MR) is 95.2 cm³/mol. The average molecular weight is 356 g/mol. The first-order valence-corrected chi connectivity index (χ1v) is 9.04. The summed E-state index contributed by atoms with van der Waals surface area (Å²) in [5, 5.41) is 3.50. The van der Waals surface area contributed by atoms with Gasteiger partial charge in [0.2, 0.25) is 0 Å². The molecule has 0 saturated heterocycles. The molecule has 0 aliphatic rings. The topological polar surface area (TPSA) is 21.3 Å². The minimum atomic E-state index is 0.719. The van der Waals surface area contributed by atoms with Crippen LogP contribution in [0, 0.1) is 5.92 Å². The number of rotatable bonds is 11. The van der Waals surface area contributed by atoms with Crippen molar-refractivity contribution < 1.29 is 4.74 Å². The fourth-order valence-electron chi connectivity index (χ4n) is 2.30. The van der Waals surface area contributed by atoms with Gasteiger partial charge in [0.25, 0.3) is 0 Å². The van der Waals surface area contributed by atoms with Crippen LogP contribution in [0.25, 0.3) is 0 Å². The van der Waals surface area contributed by atoms with Crippen LogP contribution in [0.4, 0.5) is 0 Å². The minimum Gasteiger partial charge on any atom is -0.494 e. The smallest absolute Gasteiger partial charge is 0.120 e. The SMILES string of the molecule is CCOc1ccc(CCCCCCNCC(C)C)c(Br)c1. The molecule has 2 nitrogen and oxygen atoms in total. The average Bonchev–Trinajstić information content (AvgIpc) is 2.44. The van der Waals surface area contributed by atoms with E-state index in [1.807, 2.05) is 6.92 Å². The van der Waals surface area contributed by atoms with Crippen LogP contribution in [0.15, 0.2) is 22.7 Å². The molecule has 0 fully saturated rings. The lowest BCUT2D eigenvalue weighted by molar-refractivity contribution is 0.340. The third-order valence-corrected chi connectivity index (χ3v) is 4.18. The molecule has 3 heteroatoms. The normalized spacial score (nSPS) is 11.1. The quantitative estimate of drug-likeness (QED) is 0.551. The Labute approximate surface area is 138 Å². The lowest BCUT2D eigenvalue weighted by Gasteiger charge is -2.09. The van der Waals surface area contributed by atoms with Crippen LogP contribution < -0.4 is 10.1 Å². The van der Waals surface area contributed by atoms with Crippen molar-refractivity contribution in [1.82, 2.24) is 5.32 Å². The van der Waals surface area contributed by atoms with Gasteiger partial charge >= 0.3 is 0 Å². The van der Waals surface area contributed by atoms with Gasteiger partial charge < -0.3 is 10.1 Å². The van der Waals surface area contributed by atoms with Gasteiger partial charge in [0.15, 0.2) is 0 Å². The molecule has 0 aromatic heterocycles. The Bertz CT molecular complexity index is 393. The van der Waals surface area contributed by atoms with Gasteiger partial charge in [-0.05, 0) is 62.9 Å². The Balaban J connectivity index is 2.12. The predicted octanol–water partition coefficient (Wildman–Crippen LogP) is 5.20.